The highest BCUT2D eigenvalue weighted by Crippen LogP contribution is 2.09. The van der Waals surface area contributed by atoms with E-state index in [1.165, 1.54) is 0 Å². The average molecular weight is 326 g/mol. The number of hydrogen-bond donors (Lipinski definition) is 1. The third kappa shape index (κ3) is 5.95. The van der Waals surface area contributed by atoms with Crippen LogP contribution in [0.5, 0.6) is 5.75 Å². The number of ether oxygens (including phenoxy) is 1. The number of carbonyl (C=O) groups excluding carboxylic acids is 1. The van der Waals surface area contributed by atoms with E-state index >= 15 is 0 Å². The third-order valence-corrected chi connectivity index (χ3v) is 3.69. The van der Waals surface area contributed by atoms with Crippen LogP contribution in [0.3, 0.4) is 0 Å². The van der Waals surface area contributed by atoms with Gasteiger partial charge in [0.05, 0.1) is 6.61 Å². The van der Waals surface area contributed by atoms with Crippen molar-refractivity contribution in [1.82, 2.24) is 10.2 Å². The molecule has 0 radical (unpaired) electrons. The molecule has 2 rings (SSSR count). The van der Waals surface area contributed by atoms with Gasteiger partial charge in [0.2, 0.25) is 0 Å². The maximum Gasteiger partial charge on any atom is 0.317 e. The first-order valence-corrected chi connectivity index (χ1v) is 8.43. The summed E-state index contributed by atoms with van der Waals surface area (Å²) in [5, 5.41) is 2.98. The molecule has 2 aromatic carbocycles. The lowest BCUT2D eigenvalue weighted by Gasteiger charge is -2.27. The van der Waals surface area contributed by atoms with Crippen LogP contribution in [0.15, 0.2) is 60.7 Å². The summed E-state index contributed by atoms with van der Waals surface area (Å²) in [6.45, 7) is 5.86. The second-order valence-corrected chi connectivity index (χ2v) is 5.95. The second kappa shape index (κ2) is 9.60. The van der Waals surface area contributed by atoms with Gasteiger partial charge in [-0.15, -0.1) is 0 Å². The molecule has 0 unspecified atom stereocenters. The molecule has 0 aliphatic heterocycles. The van der Waals surface area contributed by atoms with Crippen LogP contribution in [0, 0.1) is 0 Å². The van der Waals surface area contributed by atoms with Crippen LogP contribution in [-0.2, 0) is 6.54 Å². The first-order valence-electron chi connectivity index (χ1n) is 8.43. The largest absolute Gasteiger partial charge is 0.494 e. The maximum atomic E-state index is 12.4. The van der Waals surface area contributed by atoms with Gasteiger partial charge in [-0.3, -0.25) is 0 Å². The van der Waals surface area contributed by atoms with Crippen LogP contribution in [0.2, 0.25) is 0 Å². The lowest BCUT2D eigenvalue weighted by Crippen LogP contribution is -2.43. The van der Waals surface area contributed by atoms with Crippen LogP contribution in [-0.4, -0.2) is 30.1 Å². The van der Waals surface area contributed by atoms with Crippen molar-refractivity contribution in [2.24, 2.45) is 0 Å². The number of urea groups is 1. The second-order valence-electron chi connectivity index (χ2n) is 5.95. The quantitative estimate of drug-likeness (QED) is 0.743. The molecular formula is C20H26N2O2. The molecule has 24 heavy (non-hydrogen) atoms. The number of rotatable bonds is 8. The van der Waals surface area contributed by atoms with Crippen LogP contribution < -0.4 is 10.1 Å². The van der Waals surface area contributed by atoms with Gasteiger partial charge in [-0.05, 0) is 38.0 Å². The Labute approximate surface area is 144 Å². The van der Waals surface area contributed by atoms with E-state index in [1.54, 1.807) is 0 Å². The summed E-state index contributed by atoms with van der Waals surface area (Å²) in [4.78, 5) is 14.2. The standard InChI is InChI=1S/C20H26N2O2/c1-17(2)22(16-18-10-5-3-6-11-18)20(23)21-14-9-15-24-19-12-7-4-8-13-19/h3-8,10-13,17H,9,14-16H2,1-2H3,(H,21,23). The molecule has 4 nitrogen and oxygen atoms in total. The summed E-state index contributed by atoms with van der Waals surface area (Å²) >= 11 is 0. The van der Waals surface area contributed by atoms with Crippen LogP contribution in [0.1, 0.15) is 25.8 Å². The summed E-state index contributed by atoms with van der Waals surface area (Å²) in [6, 6.07) is 19.9. The van der Waals surface area contributed by atoms with Crippen molar-refractivity contribution < 1.29 is 9.53 Å². The Morgan fingerprint density at radius 3 is 2.29 bits per heavy atom. The molecular weight excluding hydrogens is 300 g/mol. The maximum absolute atomic E-state index is 12.4. The van der Waals surface area contributed by atoms with Gasteiger partial charge in [0.15, 0.2) is 0 Å². The van der Waals surface area contributed by atoms with Crippen molar-refractivity contribution in [2.45, 2.75) is 32.9 Å². The van der Waals surface area contributed by atoms with Gasteiger partial charge in [0.25, 0.3) is 0 Å². The van der Waals surface area contributed by atoms with E-state index in [-0.39, 0.29) is 12.1 Å². The van der Waals surface area contributed by atoms with Gasteiger partial charge in [0, 0.05) is 19.1 Å². The lowest BCUT2D eigenvalue weighted by molar-refractivity contribution is 0.179. The Balaban J connectivity index is 1.72. The van der Waals surface area contributed by atoms with Gasteiger partial charge in [-0.25, -0.2) is 4.79 Å². The summed E-state index contributed by atoms with van der Waals surface area (Å²) < 4.78 is 5.63. The highest BCUT2D eigenvalue weighted by Gasteiger charge is 2.16. The lowest BCUT2D eigenvalue weighted by atomic mass is 10.2. The van der Waals surface area contributed by atoms with Gasteiger partial charge in [-0.2, -0.15) is 0 Å². The predicted molar refractivity (Wildman–Crippen MR) is 97.1 cm³/mol. The van der Waals surface area contributed by atoms with Crippen LogP contribution in [0.25, 0.3) is 0 Å². The zero-order valence-electron chi connectivity index (χ0n) is 14.4. The molecule has 0 bridgehead atoms. The number of nitrogens with one attached hydrogen (secondary N) is 1. The Bertz CT molecular complexity index is 600. The number of nitrogens with zero attached hydrogens (tertiary/aromatic N) is 1. The van der Waals surface area contributed by atoms with Crippen LogP contribution in [0.4, 0.5) is 4.79 Å². The van der Waals surface area contributed by atoms with Crippen LogP contribution >= 0.6 is 0 Å². The molecule has 0 fully saturated rings. The summed E-state index contributed by atoms with van der Waals surface area (Å²) in [5.74, 6) is 0.858. The monoisotopic (exact) mass is 326 g/mol. The molecule has 0 saturated heterocycles. The van der Waals surface area contributed by atoms with E-state index in [0.717, 1.165) is 17.7 Å². The summed E-state index contributed by atoms with van der Waals surface area (Å²) in [5.41, 5.74) is 1.13. The molecule has 4 heteroatoms. The zero-order valence-corrected chi connectivity index (χ0v) is 14.4. The summed E-state index contributed by atoms with van der Waals surface area (Å²) in [6.07, 6.45) is 0.776. The zero-order chi connectivity index (χ0) is 17.2. The Morgan fingerprint density at radius 1 is 1.04 bits per heavy atom. The van der Waals surface area contributed by atoms with Crippen molar-refractivity contribution in [1.29, 1.82) is 0 Å². The van der Waals surface area contributed by atoms with E-state index in [1.807, 2.05) is 79.4 Å². The van der Waals surface area contributed by atoms with Gasteiger partial charge >= 0.3 is 6.03 Å². The third-order valence-electron chi connectivity index (χ3n) is 3.69. The molecule has 0 spiro atoms. The van der Waals surface area contributed by atoms with Gasteiger partial charge in [-0.1, -0.05) is 48.5 Å². The van der Waals surface area contributed by atoms with Gasteiger partial charge in [0.1, 0.15) is 5.75 Å². The van der Waals surface area contributed by atoms with Crippen molar-refractivity contribution in [3.05, 3.63) is 66.2 Å². The summed E-state index contributed by atoms with van der Waals surface area (Å²) in [7, 11) is 0. The molecule has 0 aliphatic rings. The smallest absolute Gasteiger partial charge is 0.317 e. The van der Waals surface area contributed by atoms with E-state index in [0.29, 0.717) is 19.7 Å². The minimum Gasteiger partial charge on any atom is -0.494 e. The number of amides is 2. The molecule has 2 amide bonds. The number of para-hydroxylation sites is 1. The Kier molecular flexibility index (Phi) is 7.15. The van der Waals surface area contributed by atoms with E-state index in [4.69, 9.17) is 4.74 Å². The fourth-order valence-electron chi connectivity index (χ4n) is 2.34. The van der Waals surface area contributed by atoms with Crippen molar-refractivity contribution in [3.63, 3.8) is 0 Å². The first kappa shape index (κ1) is 17.9. The minimum atomic E-state index is -0.0337. The fourth-order valence-corrected chi connectivity index (χ4v) is 2.34. The minimum absolute atomic E-state index is 0.0337. The van der Waals surface area contributed by atoms with Crippen molar-refractivity contribution in [3.8, 4) is 5.75 Å². The molecule has 2 aromatic rings. The van der Waals surface area contributed by atoms with E-state index in [2.05, 4.69) is 5.32 Å². The average Bonchev–Trinajstić information content (AvgIpc) is 2.60. The van der Waals surface area contributed by atoms with E-state index < -0.39 is 0 Å². The molecule has 0 aromatic heterocycles. The van der Waals surface area contributed by atoms with Gasteiger partial charge < -0.3 is 15.0 Å². The molecule has 128 valence electrons. The molecule has 0 atom stereocenters. The fraction of sp³-hybridized carbons (Fsp3) is 0.350. The molecule has 0 saturated carbocycles. The molecule has 0 aliphatic carbocycles. The topological polar surface area (TPSA) is 41.6 Å². The highest BCUT2D eigenvalue weighted by molar-refractivity contribution is 5.74. The predicted octanol–water partition coefficient (Wildman–Crippen LogP) is 4.08. The van der Waals surface area contributed by atoms with Crippen molar-refractivity contribution >= 4 is 6.03 Å². The number of benzene rings is 2. The molecule has 1 N–H and O–H groups in total. The molecule has 0 heterocycles. The first-order chi connectivity index (χ1) is 11.7. The van der Waals surface area contributed by atoms with E-state index in [9.17, 15) is 4.79 Å². The Morgan fingerprint density at radius 2 is 1.67 bits per heavy atom. The highest BCUT2D eigenvalue weighted by atomic mass is 16.5. The number of carbonyl (C=O) groups is 1. The SMILES string of the molecule is CC(C)N(Cc1ccccc1)C(=O)NCCCOc1ccccc1. The normalized spacial score (nSPS) is 10.5. The number of hydrogen-bond acceptors (Lipinski definition) is 2. The van der Waals surface area contributed by atoms with Crippen molar-refractivity contribution in [2.75, 3.05) is 13.2 Å². The Hall–Kier alpha value is -2.49.